The van der Waals surface area contributed by atoms with Gasteiger partial charge in [-0.1, -0.05) is 18.2 Å². The van der Waals surface area contributed by atoms with Gasteiger partial charge in [-0.2, -0.15) is 0 Å². The van der Waals surface area contributed by atoms with E-state index in [4.69, 9.17) is 10.5 Å². The Kier molecular flexibility index (Phi) is 3.99. The summed E-state index contributed by atoms with van der Waals surface area (Å²) in [6.07, 6.45) is 3.44. The minimum Gasteiger partial charge on any atom is -0.377 e. The third-order valence-electron chi connectivity index (χ3n) is 3.74. The molecule has 2 rings (SSSR count). The van der Waals surface area contributed by atoms with E-state index in [0.29, 0.717) is 12.1 Å². The maximum atomic E-state index is 11.3. The Balaban J connectivity index is 1.92. The number of benzene rings is 1. The van der Waals surface area contributed by atoms with Crippen LogP contribution in [0.3, 0.4) is 0 Å². The van der Waals surface area contributed by atoms with Crippen LogP contribution >= 0.6 is 0 Å². The van der Waals surface area contributed by atoms with Gasteiger partial charge in [0.15, 0.2) is 0 Å². The largest absolute Gasteiger partial charge is 0.377 e. The van der Waals surface area contributed by atoms with Crippen LogP contribution in [0.25, 0.3) is 0 Å². The average molecular weight is 248 g/mol. The lowest BCUT2D eigenvalue weighted by Gasteiger charge is -2.40. The average Bonchev–Trinajstić information content (AvgIpc) is 2.33. The molecule has 0 saturated heterocycles. The molecule has 1 aliphatic carbocycles. The van der Waals surface area contributed by atoms with Crippen molar-refractivity contribution in [2.75, 3.05) is 13.7 Å². The molecule has 0 heterocycles. The molecule has 0 bridgehead atoms. The molecule has 0 unspecified atom stereocenters. The number of primary amides is 1. The van der Waals surface area contributed by atoms with Gasteiger partial charge in [-0.15, -0.1) is 0 Å². The maximum Gasteiger partial charge on any atom is 0.249 e. The van der Waals surface area contributed by atoms with Gasteiger partial charge < -0.3 is 15.8 Å². The van der Waals surface area contributed by atoms with E-state index in [9.17, 15) is 4.79 Å². The van der Waals surface area contributed by atoms with Crippen LogP contribution in [0, 0.1) is 0 Å². The molecular weight excluding hydrogens is 228 g/mol. The number of hydrogen-bond donors (Lipinski definition) is 2. The van der Waals surface area contributed by atoms with Crippen LogP contribution in [0.4, 0.5) is 0 Å². The number of carbonyl (C=O) groups is 1. The predicted octanol–water partition coefficient (Wildman–Crippen LogP) is 1.44. The van der Waals surface area contributed by atoms with E-state index < -0.39 is 0 Å². The van der Waals surface area contributed by atoms with Crippen LogP contribution in [-0.4, -0.2) is 25.2 Å². The second kappa shape index (κ2) is 5.50. The smallest absolute Gasteiger partial charge is 0.249 e. The zero-order valence-corrected chi connectivity index (χ0v) is 10.7. The van der Waals surface area contributed by atoms with E-state index in [1.165, 1.54) is 6.42 Å². The van der Waals surface area contributed by atoms with Gasteiger partial charge in [0, 0.05) is 25.8 Å². The van der Waals surface area contributed by atoms with Crippen molar-refractivity contribution in [3.8, 4) is 0 Å². The normalized spacial score (nSPS) is 17.2. The van der Waals surface area contributed by atoms with Crippen molar-refractivity contribution in [1.29, 1.82) is 0 Å². The summed E-state index contributed by atoms with van der Waals surface area (Å²) in [5.41, 5.74) is 6.87. The number of hydrogen-bond acceptors (Lipinski definition) is 3. The Morgan fingerprint density at radius 2 is 2.17 bits per heavy atom. The lowest BCUT2D eigenvalue weighted by molar-refractivity contribution is -0.0695. The molecule has 1 aliphatic rings. The monoisotopic (exact) mass is 248 g/mol. The molecule has 4 heteroatoms. The van der Waals surface area contributed by atoms with Crippen molar-refractivity contribution in [1.82, 2.24) is 5.32 Å². The zero-order chi connectivity index (χ0) is 13.0. The topological polar surface area (TPSA) is 64.3 Å². The summed E-state index contributed by atoms with van der Waals surface area (Å²) >= 11 is 0. The van der Waals surface area contributed by atoms with Crippen LogP contribution < -0.4 is 11.1 Å². The third-order valence-corrected chi connectivity index (χ3v) is 3.74. The van der Waals surface area contributed by atoms with Crippen molar-refractivity contribution < 1.29 is 9.53 Å². The van der Waals surface area contributed by atoms with E-state index in [0.717, 1.165) is 24.9 Å². The van der Waals surface area contributed by atoms with Gasteiger partial charge in [-0.3, -0.25) is 4.79 Å². The Hall–Kier alpha value is -1.39. The van der Waals surface area contributed by atoms with Crippen molar-refractivity contribution in [3.05, 3.63) is 35.4 Å². The summed E-state index contributed by atoms with van der Waals surface area (Å²) in [6, 6.07) is 7.42. The van der Waals surface area contributed by atoms with Gasteiger partial charge >= 0.3 is 0 Å². The zero-order valence-electron chi connectivity index (χ0n) is 10.7. The van der Waals surface area contributed by atoms with Gasteiger partial charge in [-0.05, 0) is 30.9 Å². The highest BCUT2D eigenvalue weighted by molar-refractivity contribution is 5.94. The van der Waals surface area contributed by atoms with E-state index >= 15 is 0 Å². The standard InChI is InChI=1S/C14H20N2O2/c1-18-14(7-4-8-14)10-16-9-11-5-2-3-6-12(11)13(15)17/h2-3,5-6,16H,4,7-10H2,1H3,(H2,15,17). The second-order valence-corrected chi connectivity index (χ2v) is 4.87. The Morgan fingerprint density at radius 1 is 1.44 bits per heavy atom. The first-order chi connectivity index (χ1) is 8.67. The van der Waals surface area contributed by atoms with Crippen LogP contribution in [0.1, 0.15) is 35.2 Å². The highest BCUT2D eigenvalue weighted by atomic mass is 16.5. The van der Waals surface area contributed by atoms with Gasteiger partial charge in [0.05, 0.1) is 5.60 Å². The molecule has 1 amide bonds. The van der Waals surface area contributed by atoms with E-state index in [1.807, 2.05) is 18.2 Å². The Morgan fingerprint density at radius 3 is 2.72 bits per heavy atom. The van der Waals surface area contributed by atoms with E-state index in [-0.39, 0.29) is 11.5 Å². The number of amides is 1. The minimum absolute atomic E-state index is 0.00165. The molecule has 1 aromatic rings. The van der Waals surface area contributed by atoms with Gasteiger partial charge in [-0.25, -0.2) is 0 Å². The molecule has 3 N–H and O–H groups in total. The summed E-state index contributed by atoms with van der Waals surface area (Å²) in [5.74, 6) is -0.377. The number of nitrogens with two attached hydrogens (primary N) is 1. The number of methoxy groups -OCH3 is 1. The summed E-state index contributed by atoms with van der Waals surface area (Å²) < 4.78 is 5.54. The minimum atomic E-state index is -0.377. The highest BCUT2D eigenvalue weighted by Crippen LogP contribution is 2.34. The SMILES string of the molecule is COC1(CNCc2ccccc2C(N)=O)CCC1. The number of rotatable bonds is 6. The fourth-order valence-corrected chi connectivity index (χ4v) is 2.36. The first kappa shape index (κ1) is 13.1. The van der Waals surface area contributed by atoms with Crippen LogP contribution in [0.5, 0.6) is 0 Å². The third kappa shape index (κ3) is 2.71. The molecule has 1 saturated carbocycles. The molecule has 1 fully saturated rings. The van der Waals surface area contributed by atoms with Crippen molar-refractivity contribution in [3.63, 3.8) is 0 Å². The van der Waals surface area contributed by atoms with Gasteiger partial charge in [0.25, 0.3) is 0 Å². The molecule has 18 heavy (non-hydrogen) atoms. The van der Waals surface area contributed by atoms with Crippen LogP contribution in [-0.2, 0) is 11.3 Å². The molecule has 1 aromatic carbocycles. The first-order valence-corrected chi connectivity index (χ1v) is 6.30. The molecular formula is C14H20N2O2. The van der Waals surface area contributed by atoms with Gasteiger partial charge in [0.1, 0.15) is 0 Å². The fraction of sp³-hybridized carbons (Fsp3) is 0.500. The van der Waals surface area contributed by atoms with E-state index in [2.05, 4.69) is 5.32 Å². The summed E-state index contributed by atoms with van der Waals surface area (Å²) in [7, 11) is 1.76. The molecule has 4 nitrogen and oxygen atoms in total. The molecule has 0 spiro atoms. The quantitative estimate of drug-likeness (QED) is 0.800. The lowest BCUT2D eigenvalue weighted by atomic mass is 9.80. The summed E-state index contributed by atoms with van der Waals surface area (Å²) in [6.45, 7) is 1.46. The predicted molar refractivity (Wildman–Crippen MR) is 70.3 cm³/mol. The van der Waals surface area contributed by atoms with Crippen molar-refractivity contribution >= 4 is 5.91 Å². The molecule has 0 aliphatic heterocycles. The molecule has 0 radical (unpaired) electrons. The summed E-state index contributed by atoms with van der Waals surface area (Å²) in [5, 5.41) is 3.36. The highest BCUT2D eigenvalue weighted by Gasteiger charge is 2.36. The van der Waals surface area contributed by atoms with Gasteiger partial charge in [0.2, 0.25) is 5.91 Å². The molecule has 0 aromatic heterocycles. The second-order valence-electron chi connectivity index (χ2n) is 4.87. The summed E-state index contributed by atoms with van der Waals surface area (Å²) in [4.78, 5) is 11.3. The maximum absolute atomic E-state index is 11.3. The van der Waals surface area contributed by atoms with Crippen LogP contribution in [0.2, 0.25) is 0 Å². The first-order valence-electron chi connectivity index (χ1n) is 6.30. The number of nitrogens with one attached hydrogen (secondary N) is 1. The molecule has 0 atom stereocenters. The van der Waals surface area contributed by atoms with Crippen LogP contribution in [0.15, 0.2) is 24.3 Å². The van der Waals surface area contributed by atoms with Crippen molar-refractivity contribution in [2.24, 2.45) is 5.73 Å². The number of carbonyl (C=O) groups excluding carboxylic acids is 1. The fourth-order valence-electron chi connectivity index (χ4n) is 2.36. The Bertz CT molecular complexity index is 422. The molecule has 98 valence electrons. The Labute approximate surface area is 108 Å². The van der Waals surface area contributed by atoms with E-state index in [1.54, 1.807) is 13.2 Å². The number of ether oxygens (including phenoxy) is 1. The lowest BCUT2D eigenvalue weighted by Crippen LogP contribution is -2.47. The van der Waals surface area contributed by atoms with Crippen molar-refractivity contribution in [2.45, 2.75) is 31.4 Å².